The molecule has 0 saturated heterocycles. The quantitative estimate of drug-likeness (QED) is 0.678. The molecule has 0 aromatic heterocycles. The van der Waals surface area contributed by atoms with Crippen molar-refractivity contribution in [1.82, 2.24) is 4.72 Å². The zero-order valence-corrected chi connectivity index (χ0v) is 7.51. The number of carboxylic acid groups (broad SMARTS) is 1. The Hall–Kier alpha value is -0.760. The van der Waals surface area contributed by atoms with Crippen molar-refractivity contribution in [2.45, 2.75) is 25.1 Å². The van der Waals surface area contributed by atoms with E-state index in [1.807, 2.05) is 0 Å². The van der Waals surface area contributed by atoms with Crippen LogP contribution < -0.4 is 4.72 Å². The van der Waals surface area contributed by atoms with Crippen LogP contribution in [0.15, 0.2) is 0 Å². The topological polar surface area (TPSA) is 83.5 Å². The van der Waals surface area contributed by atoms with E-state index < -0.39 is 27.8 Å². The third kappa shape index (κ3) is 3.64. The van der Waals surface area contributed by atoms with E-state index in [1.165, 1.54) is 11.6 Å². The van der Waals surface area contributed by atoms with Gasteiger partial charge in [-0.15, -0.1) is 0 Å². The number of carbonyl (C=O) groups is 1. The van der Waals surface area contributed by atoms with Crippen LogP contribution in [0.5, 0.6) is 0 Å². The molecular weight excluding hydrogens is 208 g/mol. The van der Waals surface area contributed by atoms with Gasteiger partial charge in [0.25, 0.3) is 10.0 Å². The van der Waals surface area contributed by atoms with E-state index in [1.54, 1.807) is 0 Å². The summed E-state index contributed by atoms with van der Waals surface area (Å²) in [5.74, 6) is -5.09. The first-order valence-electron chi connectivity index (χ1n) is 3.33. The molecule has 0 amide bonds. The van der Waals surface area contributed by atoms with Gasteiger partial charge >= 0.3 is 11.7 Å². The average Bonchev–Trinajstić information content (AvgIpc) is 1.99. The Balaban J connectivity index is 4.50. The van der Waals surface area contributed by atoms with Crippen LogP contribution >= 0.6 is 0 Å². The van der Waals surface area contributed by atoms with Gasteiger partial charge in [0, 0.05) is 0 Å². The van der Waals surface area contributed by atoms with Crippen molar-refractivity contribution in [2.24, 2.45) is 0 Å². The lowest BCUT2D eigenvalue weighted by Crippen LogP contribution is -2.42. The lowest BCUT2D eigenvalue weighted by molar-refractivity contribution is -0.139. The van der Waals surface area contributed by atoms with Gasteiger partial charge in [-0.25, -0.2) is 8.42 Å². The summed E-state index contributed by atoms with van der Waals surface area (Å²) in [5, 5.41) is 8.35. The fraction of sp³-hybridized carbons (Fsp3) is 0.800. The van der Waals surface area contributed by atoms with Gasteiger partial charge in [-0.3, -0.25) is 4.79 Å². The summed E-state index contributed by atoms with van der Waals surface area (Å²) < 4.78 is 45.8. The Labute approximate surface area is 73.8 Å². The van der Waals surface area contributed by atoms with Crippen molar-refractivity contribution < 1.29 is 27.1 Å². The second kappa shape index (κ2) is 4.47. The van der Waals surface area contributed by atoms with Crippen LogP contribution in [0, 0.1) is 0 Å². The molecular formula is C5H9F2NO4S. The first-order chi connectivity index (χ1) is 5.81. The average molecular weight is 217 g/mol. The molecule has 0 heterocycles. The van der Waals surface area contributed by atoms with E-state index in [9.17, 15) is 22.0 Å². The molecule has 0 radical (unpaired) electrons. The summed E-state index contributed by atoms with van der Waals surface area (Å²) in [6.07, 6.45) is -0.0959. The lowest BCUT2D eigenvalue weighted by atomic mass is 10.2. The van der Waals surface area contributed by atoms with Crippen molar-refractivity contribution >= 4 is 16.0 Å². The molecule has 13 heavy (non-hydrogen) atoms. The molecule has 0 saturated carbocycles. The normalized spacial score (nSPS) is 14.5. The van der Waals surface area contributed by atoms with Crippen molar-refractivity contribution in [3.05, 3.63) is 0 Å². The fourth-order valence-corrected chi connectivity index (χ4v) is 1.33. The molecule has 0 aliphatic carbocycles. The Bertz CT molecular complexity index is 276. The SMILES string of the molecule is CCC(NS(=O)(=O)C(F)F)C(=O)O. The smallest absolute Gasteiger partial charge is 0.350 e. The number of aliphatic carboxylic acids is 1. The molecule has 78 valence electrons. The molecule has 8 heteroatoms. The highest BCUT2D eigenvalue weighted by Gasteiger charge is 2.29. The van der Waals surface area contributed by atoms with Crippen LogP contribution in [-0.4, -0.2) is 31.3 Å². The summed E-state index contributed by atoms with van der Waals surface area (Å²) in [7, 11) is -4.82. The van der Waals surface area contributed by atoms with Gasteiger partial charge in [0.1, 0.15) is 6.04 Å². The molecule has 0 aliphatic heterocycles. The Morgan fingerprint density at radius 3 is 2.23 bits per heavy atom. The Kier molecular flexibility index (Phi) is 4.21. The van der Waals surface area contributed by atoms with Crippen molar-refractivity contribution in [1.29, 1.82) is 0 Å². The number of hydrogen-bond donors (Lipinski definition) is 2. The van der Waals surface area contributed by atoms with Crippen molar-refractivity contribution in [3.63, 3.8) is 0 Å². The molecule has 0 spiro atoms. The molecule has 1 unspecified atom stereocenters. The van der Waals surface area contributed by atoms with Crippen LogP contribution in [-0.2, 0) is 14.8 Å². The molecule has 0 fully saturated rings. The molecule has 1 atom stereocenters. The van der Waals surface area contributed by atoms with Gasteiger partial charge in [-0.2, -0.15) is 13.5 Å². The van der Waals surface area contributed by atoms with Crippen LogP contribution in [0.4, 0.5) is 8.78 Å². The summed E-state index contributed by atoms with van der Waals surface area (Å²) in [4.78, 5) is 10.3. The van der Waals surface area contributed by atoms with Gasteiger partial charge in [0.15, 0.2) is 0 Å². The van der Waals surface area contributed by atoms with E-state index in [-0.39, 0.29) is 6.42 Å². The number of halogens is 2. The minimum atomic E-state index is -4.82. The van der Waals surface area contributed by atoms with Crippen LogP contribution in [0.2, 0.25) is 0 Å². The molecule has 0 aromatic rings. The van der Waals surface area contributed by atoms with E-state index in [0.717, 1.165) is 0 Å². The summed E-state index contributed by atoms with van der Waals surface area (Å²) >= 11 is 0. The summed E-state index contributed by atoms with van der Waals surface area (Å²) in [5.41, 5.74) is 0. The minimum absolute atomic E-state index is 0.0959. The van der Waals surface area contributed by atoms with Gasteiger partial charge in [-0.05, 0) is 6.42 Å². The van der Waals surface area contributed by atoms with Crippen molar-refractivity contribution in [3.8, 4) is 0 Å². The van der Waals surface area contributed by atoms with E-state index >= 15 is 0 Å². The molecule has 0 bridgehead atoms. The number of alkyl halides is 2. The second-order valence-electron chi connectivity index (χ2n) is 2.22. The predicted octanol–water partition coefficient (Wildman–Crippen LogP) is -0.00840. The Morgan fingerprint density at radius 2 is 2.00 bits per heavy atom. The molecule has 0 aliphatic rings. The third-order valence-corrected chi connectivity index (χ3v) is 2.33. The molecule has 5 nitrogen and oxygen atoms in total. The fourth-order valence-electron chi connectivity index (χ4n) is 0.558. The number of rotatable bonds is 5. The zero-order chi connectivity index (χ0) is 10.6. The zero-order valence-electron chi connectivity index (χ0n) is 6.70. The molecule has 0 rings (SSSR count). The first-order valence-corrected chi connectivity index (χ1v) is 4.88. The van der Waals surface area contributed by atoms with Gasteiger partial charge in [0.05, 0.1) is 0 Å². The number of nitrogens with one attached hydrogen (secondary N) is 1. The second-order valence-corrected chi connectivity index (χ2v) is 3.90. The van der Waals surface area contributed by atoms with Crippen LogP contribution in [0.1, 0.15) is 13.3 Å². The maximum absolute atomic E-state index is 11.7. The van der Waals surface area contributed by atoms with Crippen molar-refractivity contribution in [2.75, 3.05) is 0 Å². The standard InChI is InChI=1S/C5H9F2NO4S/c1-2-3(4(9)10)8-13(11,12)5(6)7/h3,5,8H,2H2,1H3,(H,9,10). The summed E-state index contributed by atoms with van der Waals surface area (Å²) in [6.45, 7) is 1.37. The minimum Gasteiger partial charge on any atom is -0.480 e. The highest BCUT2D eigenvalue weighted by atomic mass is 32.2. The molecule has 2 N–H and O–H groups in total. The first kappa shape index (κ1) is 12.2. The number of carboxylic acids is 1. The van der Waals surface area contributed by atoms with Crippen LogP contribution in [0.3, 0.4) is 0 Å². The van der Waals surface area contributed by atoms with E-state index in [2.05, 4.69) is 0 Å². The highest BCUT2D eigenvalue weighted by Crippen LogP contribution is 2.04. The number of sulfonamides is 1. The summed E-state index contributed by atoms with van der Waals surface area (Å²) in [6, 6.07) is -1.50. The van der Waals surface area contributed by atoms with Gasteiger partial charge in [0.2, 0.25) is 0 Å². The highest BCUT2D eigenvalue weighted by molar-refractivity contribution is 7.89. The predicted molar refractivity (Wildman–Crippen MR) is 39.8 cm³/mol. The molecule has 0 aromatic carbocycles. The lowest BCUT2D eigenvalue weighted by Gasteiger charge is -2.11. The van der Waals surface area contributed by atoms with Gasteiger partial charge < -0.3 is 5.11 Å². The third-order valence-electron chi connectivity index (χ3n) is 1.25. The largest absolute Gasteiger partial charge is 0.480 e. The van der Waals surface area contributed by atoms with Crippen LogP contribution in [0.25, 0.3) is 0 Å². The maximum Gasteiger partial charge on any atom is 0.350 e. The van der Waals surface area contributed by atoms with Gasteiger partial charge in [-0.1, -0.05) is 6.92 Å². The maximum atomic E-state index is 11.7. The van der Waals surface area contributed by atoms with E-state index in [0.29, 0.717) is 0 Å². The Morgan fingerprint density at radius 1 is 1.54 bits per heavy atom. The monoisotopic (exact) mass is 217 g/mol. The van der Waals surface area contributed by atoms with E-state index in [4.69, 9.17) is 5.11 Å². The number of hydrogen-bond acceptors (Lipinski definition) is 3.